The SMILES string of the molecule is C=CCn1cc(C(=O)N[C@@H]2CCC[C@@H](C)[C@H]2C)c(=O)c2cc(S(=O)(=O)N3CCCCCC3)ccc21. The van der Waals surface area contributed by atoms with Crippen LogP contribution in [0.3, 0.4) is 0 Å². The predicted octanol–water partition coefficient (Wildman–Crippen LogP) is 4.31. The number of carbonyl (C=O) groups is 1. The Balaban J connectivity index is 1.75. The molecular weight excluding hydrogens is 462 g/mol. The Morgan fingerprint density at radius 3 is 2.51 bits per heavy atom. The summed E-state index contributed by atoms with van der Waals surface area (Å²) in [7, 11) is -3.72. The third-order valence-corrected chi connectivity index (χ3v) is 9.74. The maximum absolute atomic E-state index is 13.5. The zero-order valence-corrected chi connectivity index (χ0v) is 21.6. The highest BCUT2D eigenvalue weighted by atomic mass is 32.2. The lowest BCUT2D eigenvalue weighted by molar-refractivity contribution is 0.0889. The van der Waals surface area contributed by atoms with E-state index in [0.29, 0.717) is 37.0 Å². The molecule has 7 nitrogen and oxygen atoms in total. The zero-order chi connectivity index (χ0) is 25.2. The third-order valence-electron chi connectivity index (χ3n) is 7.85. The van der Waals surface area contributed by atoms with E-state index in [-0.39, 0.29) is 21.9 Å². The lowest BCUT2D eigenvalue weighted by atomic mass is 9.78. The number of sulfonamides is 1. The summed E-state index contributed by atoms with van der Waals surface area (Å²) in [6, 6.07) is 4.69. The van der Waals surface area contributed by atoms with Crippen molar-refractivity contribution in [3.8, 4) is 0 Å². The Hall–Kier alpha value is -2.45. The van der Waals surface area contributed by atoms with Gasteiger partial charge in [-0.1, -0.05) is 45.6 Å². The van der Waals surface area contributed by atoms with Gasteiger partial charge in [0, 0.05) is 37.3 Å². The summed E-state index contributed by atoms with van der Waals surface area (Å²) in [4.78, 5) is 26.9. The van der Waals surface area contributed by atoms with E-state index in [9.17, 15) is 18.0 Å². The van der Waals surface area contributed by atoms with Crippen LogP contribution in [0.1, 0.15) is 69.2 Å². The van der Waals surface area contributed by atoms with Crippen molar-refractivity contribution in [3.05, 3.63) is 52.8 Å². The number of pyridine rings is 1. The van der Waals surface area contributed by atoms with Crippen LogP contribution in [0.5, 0.6) is 0 Å². The molecule has 1 N–H and O–H groups in total. The molecule has 0 bridgehead atoms. The first-order chi connectivity index (χ1) is 16.7. The van der Waals surface area contributed by atoms with Gasteiger partial charge >= 0.3 is 0 Å². The Morgan fingerprint density at radius 2 is 1.83 bits per heavy atom. The molecule has 0 radical (unpaired) electrons. The second kappa shape index (κ2) is 10.7. The van der Waals surface area contributed by atoms with Crippen LogP contribution >= 0.6 is 0 Å². The van der Waals surface area contributed by atoms with Gasteiger partial charge in [-0.3, -0.25) is 9.59 Å². The normalized spacial score (nSPS) is 24.1. The molecule has 1 aromatic carbocycles. The highest BCUT2D eigenvalue weighted by molar-refractivity contribution is 7.89. The molecule has 2 fully saturated rings. The van der Waals surface area contributed by atoms with Gasteiger partial charge in [-0.05, 0) is 49.3 Å². The second-order valence-corrected chi connectivity index (χ2v) is 12.1. The van der Waals surface area contributed by atoms with Crippen molar-refractivity contribution in [1.82, 2.24) is 14.2 Å². The fourth-order valence-electron chi connectivity index (χ4n) is 5.45. The molecule has 0 unspecified atom stereocenters. The lowest BCUT2D eigenvalue weighted by Crippen LogP contribution is -2.45. The van der Waals surface area contributed by atoms with Gasteiger partial charge < -0.3 is 9.88 Å². The third kappa shape index (κ3) is 5.23. The smallest absolute Gasteiger partial charge is 0.257 e. The van der Waals surface area contributed by atoms with Gasteiger partial charge in [-0.25, -0.2) is 8.42 Å². The molecule has 1 aliphatic heterocycles. The molecule has 2 aromatic rings. The molecule has 1 amide bonds. The molecule has 190 valence electrons. The van der Waals surface area contributed by atoms with Gasteiger partial charge in [0.25, 0.3) is 5.91 Å². The summed E-state index contributed by atoms with van der Waals surface area (Å²) in [5.74, 6) is 0.435. The van der Waals surface area contributed by atoms with E-state index in [1.54, 1.807) is 29.0 Å². The first-order valence-corrected chi connectivity index (χ1v) is 14.3. The molecule has 8 heteroatoms. The summed E-state index contributed by atoms with van der Waals surface area (Å²) in [5.41, 5.74) is 0.178. The molecule has 0 spiro atoms. The molecule has 1 saturated heterocycles. The number of amides is 1. The molecule has 4 rings (SSSR count). The van der Waals surface area contributed by atoms with Crippen molar-refractivity contribution in [1.29, 1.82) is 0 Å². The van der Waals surface area contributed by atoms with Gasteiger partial charge in [-0.15, -0.1) is 6.58 Å². The van der Waals surface area contributed by atoms with E-state index >= 15 is 0 Å². The largest absolute Gasteiger partial charge is 0.349 e. The number of aromatic nitrogens is 1. The highest BCUT2D eigenvalue weighted by Crippen LogP contribution is 2.30. The molecular formula is C27H37N3O4S. The van der Waals surface area contributed by atoms with Crippen LogP contribution in [-0.2, 0) is 16.6 Å². The minimum atomic E-state index is -3.72. The summed E-state index contributed by atoms with van der Waals surface area (Å²) in [6.45, 7) is 9.51. The van der Waals surface area contributed by atoms with Crippen LogP contribution < -0.4 is 10.7 Å². The number of nitrogens with one attached hydrogen (secondary N) is 1. The van der Waals surface area contributed by atoms with E-state index < -0.39 is 21.4 Å². The van der Waals surface area contributed by atoms with Crippen molar-refractivity contribution in [3.63, 3.8) is 0 Å². The van der Waals surface area contributed by atoms with Crippen molar-refractivity contribution in [2.45, 2.75) is 76.3 Å². The Labute approximate surface area is 208 Å². The van der Waals surface area contributed by atoms with E-state index in [1.165, 1.54) is 10.4 Å². The van der Waals surface area contributed by atoms with Crippen LogP contribution in [-0.4, -0.2) is 42.3 Å². The van der Waals surface area contributed by atoms with Crippen LogP contribution in [0.4, 0.5) is 0 Å². The van der Waals surface area contributed by atoms with Gasteiger partial charge in [0.05, 0.1) is 10.4 Å². The highest BCUT2D eigenvalue weighted by Gasteiger charge is 2.30. The van der Waals surface area contributed by atoms with E-state index in [2.05, 4.69) is 25.7 Å². The average molecular weight is 500 g/mol. The quantitative estimate of drug-likeness (QED) is 0.600. The van der Waals surface area contributed by atoms with Gasteiger partial charge in [0.15, 0.2) is 0 Å². The number of benzene rings is 1. The molecule has 1 saturated carbocycles. The van der Waals surface area contributed by atoms with Gasteiger partial charge in [0.2, 0.25) is 15.5 Å². The zero-order valence-electron chi connectivity index (χ0n) is 20.8. The Kier molecular flexibility index (Phi) is 7.81. The number of nitrogens with zero attached hydrogens (tertiary/aromatic N) is 2. The molecule has 2 aliphatic rings. The van der Waals surface area contributed by atoms with E-state index in [0.717, 1.165) is 44.9 Å². The summed E-state index contributed by atoms with van der Waals surface area (Å²) < 4.78 is 30.1. The van der Waals surface area contributed by atoms with Crippen molar-refractivity contribution >= 4 is 26.8 Å². The second-order valence-electron chi connectivity index (χ2n) is 10.2. The Bertz CT molecular complexity index is 1260. The molecule has 1 aliphatic carbocycles. The van der Waals surface area contributed by atoms with E-state index in [4.69, 9.17) is 0 Å². The number of fused-ring (bicyclic) bond motifs is 1. The maximum atomic E-state index is 13.5. The minimum absolute atomic E-state index is 0.0175. The molecule has 3 atom stereocenters. The van der Waals surface area contributed by atoms with Crippen LogP contribution in [0.2, 0.25) is 0 Å². The standard InChI is InChI=1S/C27H37N3O4S/c1-4-14-29-18-23(27(32)28-24-11-9-10-19(2)20(24)3)26(31)22-17-21(12-13-25(22)29)35(33,34)30-15-7-5-6-8-16-30/h4,12-13,17-20,24H,1,5-11,14-16H2,2-3H3,(H,28,32)/t19-,20-,24-/m1/s1. The van der Waals surface area contributed by atoms with Gasteiger partial charge in [-0.2, -0.15) is 4.31 Å². The summed E-state index contributed by atoms with van der Waals surface area (Å²) >= 11 is 0. The monoisotopic (exact) mass is 499 g/mol. The first kappa shape index (κ1) is 25.6. The molecule has 2 heterocycles. The topological polar surface area (TPSA) is 88.5 Å². The summed E-state index contributed by atoms with van der Waals surface area (Å²) in [6.07, 6.45) is 10.1. The maximum Gasteiger partial charge on any atom is 0.257 e. The van der Waals surface area contributed by atoms with Crippen LogP contribution in [0.15, 0.2) is 46.7 Å². The Morgan fingerprint density at radius 1 is 1.11 bits per heavy atom. The molecule has 1 aromatic heterocycles. The number of allylic oxidation sites excluding steroid dienone is 1. The minimum Gasteiger partial charge on any atom is -0.349 e. The van der Waals surface area contributed by atoms with Crippen molar-refractivity contribution in [2.24, 2.45) is 11.8 Å². The average Bonchev–Trinajstić information content (AvgIpc) is 3.14. The number of hydrogen-bond donors (Lipinski definition) is 1. The van der Waals surface area contributed by atoms with Crippen LogP contribution in [0.25, 0.3) is 10.9 Å². The van der Waals surface area contributed by atoms with Crippen LogP contribution in [0, 0.1) is 11.8 Å². The predicted molar refractivity (Wildman–Crippen MR) is 139 cm³/mol. The number of carbonyl (C=O) groups excluding carboxylic acids is 1. The van der Waals surface area contributed by atoms with Gasteiger partial charge in [0.1, 0.15) is 5.56 Å². The first-order valence-electron chi connectivity index (χ1n) is 12.8. The van der Waals surface area contributed by atoms with E-state index in [1.807, 2.05) is 0 Å². The molecule has 35 heavy (non-hydrogen) atoms. The lowest BCUT2D eigenvalue weighted by Gasteiger charge is -2.34. The number of rotatable bonds is 6. The number of hydrogen-bond acceptors (Lipinski definition) is 4. The van der Waals surface area contributed by atoms with Crippen molar-refractivity contribution < 1.29 is 13.2 Å². The summed E-state index contributed by atoms with van der Waals surface area (Å²) in [5, 5.41) is 3.33. The fourth-order valence-corrected chi connectivity index (χ4v) is 7.00. The van der Waals surface area contributed by atoms with Crippen molar-refractivity contribution in [2.75, 3.05) is 13.1 Å². The fraction of sp³-hybridized carbons (Fsp3) is 0.556.